The molecule has 9 rings (SSSR count). The summed E-state index contributed by atoms with van der Waals surface area (Å²) < 4.78 is 10.3. The number of likely N-dealkylation sites (tertiary alicyclic amines) is 2. The molecular weight excluding hydrogens is 1110 g/mol. The number of nitrogens with one attached hydrogen (secondary N) is 6. The Morgan fingerprint density at radius 2 is 0.897 bits per heavy atom. The summed E-state index contributed by atoms with van der Waals surface area (Å²) in [4.78, 5) is 112. The third-order valence-corrected chi connectivity index (χ3v) is 16.9. The average Bonchev–Trinajstić information content (AvgIpc) is 1.22. The number of carbonyl (C=O) groups excluding carboxylic acids is 7. The van der Waals surface area contributed by atoms with Crippen LogP contribution in [0, 0.1) is 56.3 Å². The lowest BCUT2D eigenvalue weighted by atomic mass is 9.75. The van der Waals surface area contributed by atoms with E-state index in [9.17, 15) is 38.4 Å². The number of ether oxygens (including phenoxy) is 2. The van der Waals surface area contributed by atoms with Gasteiger partial charge in [-0.25, -0.2) is 29.3 Å². The van der Waals surface area contributed by atoms with Gasteiger partial charge in [0.05, 0.1) is 35.7 Å². The zero-order chi connectivity index (χ0) is 63.9. The van der Waals surface area contributed by atoms with Crippen molar-refractivity contribution in [3.05, 3.63) is 53.5 Å². The number of pyridine rings is 3. The van der Waals surface area contributed by atoms with Gasteiger partial charge >= 0.3 is 47.7 Å². The molecule has 9 N–H and O–H groups in total. The van der Waals surface area contributed by atoms with Crippen LogP contribution >= 0.6 is 0 Å². The van der Waals surface area contributed by atoms with Crippen molar-refractivity contribution in [1.82, 2.24) is 30.1 Å². The summed E-state index contributed by atoms with van der Waals surface area (Å²) in [6.07, 6.45) is 21.5. The van der Waals surface area contributed by atoms with Gasteiger partial charge in [-0.15, -0.1) is 0 Å². The number of carbonyl (C=O) groups is 8. The number of piperidine rings is 3. The van der Waals surface area contributed by atoms with Crippen LogP contribution in [0.25, 0.3) is 0 Å². The van der Waals surface area contributed by atoms with E-state index in [2.05, 4.69) is 67.6 Å². The molecule has 3 saturated carbocycles. The highest BCUT2D eigenvalue weighted by atomic mass is 16.6. The third kappa shape index (κ3) is 21.2. The van der Waals surface area contributed by atoms with Gasteiger partial charge in [-0.05, 0) is 216 Å². The fourth-order valence-corrected chi connectivity index (χ4v) is 11.5. The number of nitrogens with zero attached hydrogens (tertiary/aromatic N) is 5. The van der Waals surface area contributed by atoms with Crippen molar-refractivity contribution in [1.29, 1.82) is 0 Å². The lowest BCUT2D eigenvalue weighted by Gasteiger charge is -2.45. The van der Waals surface area contributed by atoms with E-state index in [1.54, 1.807) is 72.4 Å². The predicted octanol–water partition coefficient (Wildman–Crippen LogP) is 10.4. The van der Waals surface area contributed by atoms with Crippen molar-refractivity contribution >= 4 is 82.2 Å². The first-order valence-electron chi connectivity index (χ1n) is 31.1. The number of aliphatic carboxylic acids is 1. The minimum absolute atomic E-state index is 0.170. The van der Waals surface area contributed by atoms with Crippen molar-refractivity contribution in [2.24, 2.45) is 35.5 Å². The first-order chi connectivity index (χ1) is 40.9. The second kappa shape index (κ2) is 31.0. The van der Waals surface area contributed by atoms with Crippen molar-refractivity contribution in [2.45, 2.75) is 209 Å². The Balaban J connectivity index is 0.000000194. The third-order valence-electron chi connectivity index (χ3n) is 16.9. The van der Waals surface area contributed by atoms with Crippen LogP contribution in [0.4, 0.5) is 44.1 Å². The van der Waals surface area contributed by atoms with E-state index in [0.717, 1.165) is 62.0 Å². The van der Waals surface area contributed by atoms with E-state index in [4.69, 9.17) is 20.3 Å². The first-order valence-corrected chi connectivity index (χ1v) is 31.1. The molecule has 3 aromatic rings. The molecule has 3 aromatic heterocycles. The van der Waals surface area contributed by atoms with Gasteiger partial charge in [0.1, 0.15) is 28.7 Å². The molecule has 0 aromatic carbocycles. The molecule has 7 amide bonds. The highest BCUT2D eigenvalue weighted by Gasteiger charge is 2.41. The normalized spacial score (nSPS) is 22.1. The molecule has 6 fully saturated rings. The Morgan fingerprint density at radius 1 is 0.517 bits per heavy atom. The van der Waals surface area contributed by atoms with Gasteiger partial charge < -0.3 is 51.4 Å². The molecule has 0 bridgehead atoms. The maximum Gasteiger partial charge on any atom is 0.413 e. The van der Waals surface area contributed by atoms with Gasteiger partial charge in [0.15, 0.2) is 0 Å². The van der Waals surface area contributed by atoms with Gasteiger partial charge in [-0.2, -0.15) is 0 Å². The second-order valence-electron chi connectivity index (χ2n) is 26.8. The van der Waals surface area contributed by atoms with E-state index < -0.39 is 58.9 Å². The number of aryl methyl sites for hydroxylation is 3. The van der Waals surface area contributed by atoms with Crippen LogP contribution < -0.4 is 37.6 Å². The number of amides is 7. The number of rotatable bonds is 8. The van der Waals surface area contributed by atoms with Crippen LogP contribution in [0.2, 0.25) is 0 Å². The van der Waals surface area contributed by atoms with Gasteiger partial charge in [-0.3, -0.25) is 34.6 Å². The number of nitrogens with two attached hydrogens (primary N) is 1. The van der Waals surface area contributed by atoms with Crippen molar-refractivity contribution in [3.63, 3.8) is 0 Å². The average molecular weight is 1210 g/mol. The van der Waals surface area contributed by atoms with E-state index in [0.29, 0.717) is 70.9 Å². The zero-order valence-electron chi connectivity index (χ0n) is 53.2. The highest BCUT2D eigenvalue weighted by molar-refractivity contribution is 6.40. The SMILES string of the molecule is C[C@@H]1CC[C@@H](C2CCC2)NC1.Cc1cc(NC(=O)C(=O)N2C[C@H](C)CC[C@H]2C2CCC2)cnc1N.Cc1cc(NC(=O)C(=O)N2C[C@H](C)CC[C@H]2C2CCC2)cnc1NC(=O)OC(C)(C)C.Cc1cc(NC(=O)C(=O)O)cnc1NC(=O)OC(C)(C)C. The molecule has 6 atom stereocenters. The fraction of sp³-hybridized carbons (Fsp3) is 0.641. The maximum atomic E-state index is 13.0. The number of anilines is 6. The fourth-order valence-electron chi connectivity index (χ4n) is 11.5. The van der Waals surface area contributed by atoms with Gasteiger partial charge in [0, 0.05) is 31.2 Å². The smallest absolute Gasteiger partial charge is 0.413 e. The number of carboxylic acids is 1. The summed E-state index contributed by atoms with van der Waals surface area (Å²) in [5, 5.41) is 24.7. The summed E-state index contributed by atoms with van der Waals surface area (Å²) in [7, 11) is 0. The van der Waals surface area contributed by atoms with E-state index in [1.165, 1.54) is 89.0 Å². The van der Waals surface area contributed by atoms with Gasteiger partial charge in [0.2, 0.25) is 0 Å². The molecule has 0 spiro atoms. The molecule has 0 radical (unpaired) electrons. The minimum Gasteiger partial charge on any atom is -0.474 e. The summed E-state index contributed by atoms with van der Waals surface area (Å²) in [6, 6.07) is 6.17. The molecule has 3 aliphatic heterocycles. The number of hydrogen-bond acceptors (Lipinski definition) is 15. The summed E-state index contributed by atoms with van der Waals surface area (Å²) in [6.45, 7) is 24.9. The van der Waals surface area contributed by atoms with Crippen LogP contribution in [-0.2, 0) is 38.2 Å². The summed E-state index contributed by atoms with van der Waals surface area (Å²) >= 11 is 0. The van der Waals surface area contributed by atoms with E-state index >= 15 is 0 Å². The Bertz CT molecular complexity index is 2910. The zero-order valence-corrected chi connectivity index (χ0v) is 53.2. The van der Waals surface area contributed by atoms with Crippen LogP contribution in [0.5, 0.6) is 0 Å². The predicted molar refractivity (Wildman–Crippen MR) is 335 cm³/mol. The molecule has 0 unspecified atom stereocenters. The summed E-state index contributed by atoms with van der Waals surface area (Å²) in [5.41, 5.74) is 7.54. The van der Waals surface area contributed by atoms with Crippen molar-refractivity contribution < 1.29 is 52.9 Å². The number of aromatic nitrogens is 3. The van der Waals surface area contributed by atoms with E-state index in [-0.39, 0.29) is 23.6 Å². The molecule has 478 valence electrons. The number of nitrogen functional groups attached to an aromatic ring is 1. The van der Waals surface area contributed by atoms with E-state index in [1.807, 2.05) is 11.8 Å². The molecule has 6 aliphatic rings. The maximum absolute atomic E-state index is 13.0. The molecule has 6 heterocycles. The van der Waals surface area contributed by atoms with Crippen molar-refractivity contribution in [2.75, 3.05) is 52.0 Å². The molecule has 23 heteroatoms. The first kappa shape index (κ1) is 68.7. The largest absolute Gasteiger partial charge is 0.474 e. The molecule has 3 aliphatic carbocycles. The highest BCUT2D eigenvalue weighted by Crippen LogP contribution is 2.39. The van der Waals surface area contributed by atoms with Crippen LogP contribution in [0.15, 0.2) is 36.8 Å². The Morgan fingerprint density at radius 3 is 1.23 bits per heavy atom. The molecule has 87 heavy (non-hydrogen) atoms. The van der Waals surface area contributed by atoms with Crippen LogP contribution in [0.3, 0.4) is 0 Å². The number of hydrogen-bond donors (Lipinski definition) is 8. The van der Waals surface area contributed by atoms with Crippen molar-refractivity contribution in [3.8, 4) is 0 Å². The lowest BCUT2D eigenvalue weighted by Crippen LogP contribution is -2.54. The number of carboxylic acid groups (broad SMARTS) is 1. The molecule has 23 nitrogen and oxygen atoms in total. The molecule has 3 saturated heterocycles. The second-order valence-corrected chi connectivity index (χ2v) is 26.8. The molecular formula is C64H96N12O11. The topological polar surface area (TPSA) is 319 Å². The monoisotopic (exact) mass is 1210 g/mol. The van der Waals surface area contributed by atoms with Gasteiger partial charge in [0.25, 0.3) is 0 Å². The van der Waals surface area contributed by atoms with Crippen LogP contribution in [-0.4, -0.2) is 127 Å². The Kier molecular flexibility index (Phi) is 24.4. The van der Waals surface area contributed by atoms with Crippen LogP contribution in [0.1, 0.15) is 175 Å². The lowest BCUT2D eigenvalue weighted by molar-refractivity contribution is -0.148. The van der Waals surface area contributed by atoms with Gasteiger partial charge in [-0.1, -0.05) is 40.0 Å². The Hall–Kier alpha value is -7.43. The quantitative estimate of drug-likeness (QED) is 0.0972. The Labute approximate surface area is 513 Å². The minimum atomic E-state index is -1.59. The summed E-state index contributed by atoms with van der Waals surface area (Å²) in [5.74, 6) is 0.0356. The standard InChI is InChI=1S/C23H34N4O4.C18H26N4O2.C13H17N3O5.C10H19N/c1-14-9-10-18(16-7-6-8-16)27(13-14)21(29)20(28)25-17-11-15(2)19(24-12-17)26-22(30)31-23(3,4)5;1-11-6-7-15(13-4-3-5-13)22(10-11)18(24)17(23)21-14-8-12(2)16(19)20-9-14;1-7-5-8(15-10(17)11(18)19)6-14-9(7)16-12(20)21-13(2,3)4;1-8-5-6-10(11-7-8)9-3-2-4-9/h11-12,14,16,18H,6-10,13H2,1-5H3,(H,25,28)(H,24,26,30);8-9,11,13,15H,3-7,10H2,1-2H3,(H2,19,20)(H,21,23);5-6H,1-4H3,(H,15,17)(H,18,19)(H,14,16,20);8-11H,2-7H2,1H3/t14-,18+;11-,15+;;8-,10+/m11.1/s1.